The largest absolute Gasteiger partial charge is 0.339 e. The minimum absolute atomic E-state index is 0.00444. The number of hydrogen-bond donors (Lipinski definition) is 0. The highest BCUT2D eigenvalue weighted by Gasteiger charge is 2.41. The van der Waals surface area contributed by atoms with Crippen LogP contribution in [0.1, 0.15) is 36.4 Å². The molecule has 0 aromatic carbocycles. The van der Waals surface area contributed by atoms with E-state index in [4.69, 9.17) is 16.1 Å². The van der Waals surface area contributed by atoms with Crippen LogP contribution in [0.4, 0.5) is 0 Å². The maximum absolute atomic E-state index is 12.3. The van der Waals surface area contributed by atoms with Gasteiger partial charge in [0.1, 0.15) is 4.21 Å². The van der Waals surface area contributed by atoms with Crippen molar-refractivity contribution in [3.05, 3.63) is 28.2 Å². The first kappa shape index (κ1) is 13.7. The summed E-state index contributed by atoms with van der Waals surface area (Å²) in [5, 5.41) is 3.96. The smallest absolute Gasteiger partial charge is 0.252 e. The fourth-order valence-electron chi connectivity index (χ4n) is 2.27. The second kappa shape index (κ2) is 4.77. The first-order chi connectivity index (χ1) is 10.0. The third-order valence-corrected chi connectivity index (χ3v) is 7.27. The zero-order chi connectivity index (χ0) is 14.6. The minimum atomic E-state index is -3.44. The van der Waals surface area contributed by atoms with Crippen LogP contribution in [0.15, 0.2) is 20.9 Å². The Hall–Kier alpha value is -0.960. The molecule has 2 aromatic heterocycles. The van der Waals surface area contributed by atoms with Gasteiger partial charge in [-0.3, -0.25) is 0 Å². The summed E-state index contributed by atoms with van der Waals surface area (Å²) in [5.74, 6) is 1.75. The molecule has 0 N–H and O–H groups in total. The summed E-state index contributed by atoms with van der Waals surface area (Å²) in [5.41, 5.74) is 0. The van der Waals surface area contributed by atoms with Crippen LogP contribution in [0.5, 0.6) is 0 Å². The van der Waals surface area contributed by atoms with Crippen LogP contribution in [-0.2, 0) is 10.0 Å². The van der Waals surface area contributed by atoms with Gasteiger partial charge in [0.15, 0.2) is 5.82 Å². The Morgan fingerprint density at radius 2 is 2.05 bits per heavy atom. The molecular weight excluding hydrogens is 334 g/mol. The average Bonchev–Trinajstić information content (AvgIpc) is 2.95. The van der Waals surface area contributed by atoms with E-state index in [1.54, 1.807) is 6.07 Å². The number of hydrogen-bond acceptors (Lipinski definition) is 6. The van der Waals surface area contributed by atoms with Gasteiger partial charge in [0, 0.05) is 19.0 Å². The van der Waals surface area contributed by atoms with Crippen LogP contribution in [0.25, 0.3) is 0 Å². The SMILES string of the molecule is O=S(=O)(c1ccc(Cl)s1)N1CC(c2nc(C3CC3)no2)C1. The van der Waals surface area contributed by atoms with Gasteiger partial charge in [-0.05, 0) is 25.0 Å². The minimum Gasteiger partial charge on any atom is -0.339 e. The predicted octanol–water partition coefficient (Wildman–Crippen LogP) is 2.45. The van der Waals surface area contributed by atoms with E-state index in [0.29, 0.717) is 29.2 Å². The number of rotatable bonds is 4. The lowest BCUT2D eigenvalue weighted by Crippen LogP contribution is -2.48. The summed E-state index contributed by atoms with van der Waals surface area (Å²) in [6, 6.07) is 3.13. The van der Waals surface area contributed by atoms with Crippen molar-refractivity contribution in [2.75, 3.05) is 13.1 Å². The lowest BCUT2D eigenvalue weighted by molar-refractivity contribution is 0.217. The topological polar surface area (TPSA) is 76.3 Å². The molecule has 2 aliphatic rings. The van der Waals surface area contributed by atoms with Gasteiger partial charge in [0.05, 0.1) is 10.3 Å². The molecule has 6 nitrogen and oxygen atoms in total. The summed E-state index contributed by atoms with van der Waals surface area (Å²) < 4.78 is 32.1. The molecule has 4 rings (SSSR count). The van der Waals surface area contributed by atoms with Crippen LogP contribution >= 0.6 is 22.9 Å². The van der Waals surface area contributed by atoms with Gasteiger partial charge < -0.3 is 4.52 Å². The predicted molar refractivity (Wildman–Crippen MR) is 77.1 cm³/mol. The summed E-state index contributed by atoms with van der Waals surface area (Å²) in [6.07, 6.45) is 2.23. The van der Waals surface area contributed by atoms with E-state index in [1.165, 1.54) is 10.4 Å². The molecule has 0 amide bonds. The second-order valence-electron chi connectivity index (χ2n) is 5.34. The number of halogens is 1. The molecule has 1 aliphatic heterocycles. The molecule has 0 bridgehead atoms. The average molecular weight is 346 g/mol. The quantitative estimate of drug-likeness (QED) is 0.850. The van der Waals surface area contributed by atoms with Gasteiger partial charge in [-0.25, -0.2) is 8.42 Å². The van der Waals surface area contributed by atoms with Crippen LogP contribution in [0, 0.1) is 0 Å². The first-order valence-electron chi connectivity index (χ1n) is 6.63. The Labute approximate surface area is 130 Å². The van der Waals surface area contributed by atoms with Gasteiger partial charge in [0.2, 0.25) is 5.89 Å². The molecular formula is C12H12ClN3O3S2. The van der Waals surface area contributed by atoms with Gasteiger partial charge in [0.25, 0.3) is 10.0 Å². The molecule has 1 saturated carbocycles. The molecule has 2 fully saturated rings. The van der Waals surface area contributed by atoms with Gasteiger partial charge in [-0.2, -0.15) is 9.29 Å². The van der Waals surface area contributed by atoms with Crippen LogP contribution in [-0.4, -0.2) is 36.0 Å². The molecule has 112 valence electrons. The van der Waals surface area contributed by atoms with Crippen LogP contribution < -0.4 is 0 Å². The molecule has 0 atom stereocenters. The zero-order valence-electron chi connectivity index (χ0n) is 10.9. The van der Waals surface area contributed by atoms with E-state index < -0.39 is 10.0 Å². The third-order valence-electron chi connectivity index (χ3n) is 3.74. The highest BCUT2D eigenvalue weighted by molar-refractivity contribution is 7.91. The zero-order valence-corrected chi connectivity index (χ0v) is 13.3. The van der Waals surface area contributed by atoms with E-state index in [-0.39, 0.29) is 10.1 Å². The monoisotopic (exact) mass is 345 g/mol. The number of nitrogens with zero attached hydrogens (tertiary/aromatic N) is 3. The van der Waals surface area contributed by atoms with E-state index in [0.717, 1.165) is 30.0 Å². The van der Waals surface area contributed by atoms with Gasteiger partial charge in [-0.1, -0.05) is 16.8 Å². The second-order valence-corrected chi connectivity index (χ2v) is 9.22. The first-order valence-corrected chi connectivity index (χ1v) is 9.26. The van der Waals surface area contributed by atoms with Crippen molar-refractivity contribution in [1.82, 2.24) is 14.4 Å². The van der Waals surface area contributed by atoms with Crippen molar-refractivity contribution in [3.8, 4) is 0 Å². The van der Waals surface area contributed by atoms with Gasteiger partial charge in [-0.15, -0.1) is 11.3 Å². The Balaban J connectivity index is 1.46. The fraction of sp³-hybridized carbons (Fsp3) is 0.500. The molecule has 1 saturated heterocycles. The van der Waals surface area contributed by atoms with Crippen molar-refractivity contribution >= 4 is 33.0 Å². The normalized spacial score (nSPS) is 20.6. The maximum Gasteiger partial charge on any atom is 0.252 e. The fourth-order valence-corrected chi connectivity index (χ4v) is 5.44. The molecule has 2 aromatic rings. The third kappa shape index (κ3) is 2.40. The lowest BCUT2D eigenvalue weighted by atomic mass is 10.0. The van der Waals surface area contributed by atoms with Crippen molar-refractivity contribution in [2.45, 2.75) is 28.9 Å². The molecule has 9 heteroatoms. The molecule has 0 radical (unpaired) electrons. The van der Waals surface area contributed by atoms with Gasteiger partial charge >= 0.3 is 0 Å². The van der Waals surface area contributed by atoms with E-state index in [9.17, 15) is 8.42 Å². The Morgan fingerprint density at radius 3 is 2.67 bits per heavy atom. The van der Waals surface area contributed by atoms with E-state index in [2.05, 4.69) is 10.1 Å². The highest BCUT2D eigenvalue weighted by Crippen LogP contribution is 2.40. The molecule has 0 spiro atoms. The van der Waals surface area contributed by atoms with E-state index >= 15 is 0 Å². The standard InChI is InChI=1S/C12H12ClN3O3S2/c13-9-3-4-10(20-9)21(17,18)16-5-8(6-16)12-14-11(15-19-12)7-1-2-7/h3-4,7-8H,1-2,5-6H2. The highest BCUT2D eigenvalue weighted by atomic mass is 35.5. The van der Waals surface area contributed by atoms with Crippen LogP contribution in [0.2, 0.25) is 4.34 Å². The van der Waals surface area contributed by atoms with Crippen molar-refractivity contribution in [3.63, 3.8) is 0 Å². The Morgan fingerprint density at radius 1 is 1.29 bits per heavy atom. The van der Waals surface area contributed by atoms with Crippen molar-refractivity contribution in [2.24, 2.45) is 0 Å². The summed E-state index contributed by atoms with van der Waals surface area (Å²) in [4.78, 5) is 4.37. The van der Waals surface area contributed by atoms with Crippen molar-refractivity contribution in [1.29, 1.82) is 0 Å². The summed E-state index contributed by atoms with van der Waals surface area (Å²) in [7, 11) is -3.44. The molecule has 3 heterocycles. The summed E-state index contributed by atoms with van der Waals surface area (Å²) >= 11 is 6.87. The Bertz CT molecular complexity index is 775. The van der Waals surface area contributed by atoms with Crippen LogP contribution in [0.3, 0.4) is 0 Å². The number of thiophene rings is 1. The molecule has 21 heavy (non-hydrogen) atoms. The Kier molecular flexibility index (Phi) is 3.11. The molecule has 1 aliphatic carbocycles. The summed E-state index contributed by atoms with van der Waals surface area (Å²) in [6.45, 7) is 0.758. The van der Waals surface area contributed by atoms with Crippen molar-refractivity contribution < 1.29 is 12.9 Å². The van der Waals surface area contributed by atoms with E-state index in [1.807, 2.05) is 0 Å². The number of sulfonamides is 1. The molecule has 0 unspecified atom stereocenters. The number of aromatic nitrogens is 2. The lowest BCUT2D eigenvalue weighted by Gasteiger charge is -2.35. The maximum atomic E-state index is 12.3.